The number of benzene rings is 1. The lowest BCUT2D eigenvalue weighted by molar-refractivity contribution is 0.198. The quantitative estimate of drug-likeness (QED) is 0.758. The van der Waals surface area contributed by atoms with Gasteiger partial charge in [-0.25, -0.2) is 4.39 Å². The van der Waals surface area contributed by atoms with Gasteiger partial charge in [-0.15, -0.1) is 0 Å². The van der Waals surface area contributed by atoms with Crippen molar-refractivity contribution in [2.45, 2.75) is 20.1 Å². The number of methoxy groups -OCH3 is 1. The molecule has 0 aliphatic heterocycles. The summed E-state index contributed by atoms with van der Waals surface area (Å²) >= 11 is 0. The van der Waals surface area contributed by atoms with E-state index in [-0.39, 0.29) is 12.4 Å². The second kappa shape index (κ2) is 7.75. The van der Waals surface area contributed by atoms with Crippen molar-refractivity contribution in [2.24, 2.45) is 0 Å². The Kier molecular flexibility index (Phi) is 5.71. The van der Waals surface area contributed by atoms with Gasteiger partial charge in [0.15, 0.2) is 5.76 Å². The van der Waals surface area contributed by atoms with Gasteiger partial charge < -0.3 is 19.3 Å². The molecule has 0 bridgehead atoms. The van der Waals surface area contributed by atoms with Crippen molar-refractivity contribution < 1.29 is 18.4 Å². The third-order valence-electron chi connectivity index (χ3n) is 2.87. The molecule has 21 heavy (non-hydrogen) atoms. The molecule has 0 saturated heterocycles. The summed E-state index contributed by atoms with van der Waals surface area (Å²) in [5, 5.41) is 6.96. The van der Waals surface area contributed by atoms with Gasteiger partial charge in [-0.1, -0.05) is 5.16 Å². The van der Waals surface area contributed by atoms with Crippen LogP contribution >= 0.6 is 0 Å². The topological polar surface area (TPSA) is 56.5 Å². The second-order valence-corrected chi connectivity index (χ2v) is 4.64. The molecule has 1 aromatic heterocycles. The summed E-state index contributed by atoms with van der Waals surface area (Å²) in [6.45, 7) is 3.90. The highest BCUT2D eigenvalue weighted by molar-refractivity contribution is 5.34. The van der Waals surface area contributed by atoms with Gasteiger partial charge >= 0.3 is 0 Å². The first-order chi connectivity index (χ1) is 10.2. The molecule has 0 spiro atoms. The van der Waals surface area contributed by atoms with Gasteiger partial charge in [-0.3, -0.25) is 0 Å². The molecular weight excluding hydrogens is 275 g/mol. The van der Waals surface area contributed by atoms with Crippen LogP contribution in [0.2, 0.25) is 0 Å². The van der Waals surface area contributed by atoms with Gasteiger partial charge in [0.1, 0.15) is 18.2 Å². The lowest BCUT2D eigenvalue weighted by atomic mass is 10.2. The Morgan fingerprint density at radius 1 is 1.33 bits per heavy atom. The molecule has 0 aliphatic rings. The van der Waals surface area contributed by atoms with E-state index in [4.69, 9.17) is 14.0 Å². The summed E-state index contributed by atoms with van der Waals surface area (Å²) < 4.78 is 29.1. The number of halogens is 1. The predicted octanol–water partition coefficient (Wildman–Crippen LogP) is 2.44. The van der Waals surface area contributed by atoms with E-state index >= 15 is 0 Å². The Morgan fingerprint density at radius 2 is 2.19 bits per heavy atom. The number of hydrogen-bond acceptors (Lipinski definition) is 5. The lowest BCUT2D eigenvalue weighted by Crippen LogP contribution is -2.19. The Morgan fingerprint density at radius 3 is 2.90 bits per heavy atom. The standard InChI is InChI=1S/C15H19FN2O3/c1-11-7-14(21-18-11)10-20-15-4-3-13(16)8-12(15)9-17-5-6-19-2/h3-4,7-8,17H,5-6,9-10H2,1-2H3. The van der Waals surface area contributed by atoms with Gasteiger partial charge in [-0.2, -0.15) is 0 Å². The molecule has 0 amide bonds. The molecule has 0 saturated carbocycles. The van der Waals surface area contributed by atoms with E-state index in [9.17, 15) is 4.39 Å². The number of nitrogens with one attached hydrogen (secondary N) is 1. The predicted molar refractivity (Wildman–Crippen MR) is 75.6 cm³/mol. The molecule has 0 radical (unpaired) electrons. The molecule has 6 heteroatoms. The summed E-state index contributed by atoms with van der Waals surface area (Å²) in [7, 11) is 1.64. The van der Waals surface area contributed by atoms with Crippen LogP contribution in [0.15, 0.2) is 28.8 Å². The van der Waals surface area contributed by atoms with Crippen molar-refractivity contribution in [1.29, 1.82) is 0 Å². The summed E-state index contributed by atoms with van der Waals surface area (Å²) in [4.78, 5) is 0. The first kappa shape index (κ1) is 15.5. The molecule has 1 N–H and O–H groups in total. The number of rotatable bonds is 8. The average Bonchev–Trinajstić information content (AvgIpc) is 2.88. The lowest BCUT2D eigenvalue weighted by Gasteiger charge is -2.11. The summed E-state index contributed by atoms with van der Waals surface area (Å²) in [6, 6.07) is 6.26. The zero-order chi connectivity index (χ0) is 15.1. The Labute approximate surface area is 123 Å². The fourth-order valence-corrected chi connectivity index (χ4v) is 1.86. The highest BCUT2D eigenvalue weighted by Crippen LogP contribution is 2.21. The zero-order valence-corrected chi connectivity index (χ0v) is 12.2. The van der Waals surface area contributed by atoms with Crippen LogP contribution in [0, 0.1) is 12.7 Å². The van der Waals surface area contributed by atoms with Crippen LogP contribution < -0.4 is 10.1 Å². The number of aromatic nitrogens is 1. The van der Waals surface area contributed by atoms with Gasteiger partial charge in [0.25, 0.3) is 0 Å². The summed E-state index contributed by atoms with van der Waals surface area (Å²) in [5.41, 5.74) is 1.55. The van der Waals surface area contributed by atoms with Gasteiger partial charge in [-0.05, 0) is 25.1 Å². The molecular formula is C15H19FN2O3. The maximum absolute atomic E-state index is 13.4. The van der Waals surface area contributed by atoms with E-state index in [1.807, 2.05) is 6.92 Å². The van der Waals surface area contributed by atoms with E-state index in [0.717, 1.165) is 11.3 Å². The molecule has 0 atom stereocenters. The molecule has 0 aliphatic carbocycles. The molecule has 0 fully saturated rings. The SMILES string of the molecule is COCCNCc1cc(F)ccc1OCc1cc(C)no1. The Balaban J connectivity index is 1.97. The highest BCUT2D eigenvalue weighted by atomic mass is 19.1. The van der Waals surface area contributed by atoms with Crippen LogP contribution in [0.25, 0.3) is 0 Å². The Hall–Kier alpha value is -1.92. The van der Waals surface area contributed by atoms with Gasteiger partial charge in [0, 0.05) is 31.8 Å². The van der Waals surface area contributed by atoms with Crippen LogP contribution in [0.3, 0.4) is 0 Å². The maximum atomic E-state index is 13.4. The van der Waals surface area contributed by atoms with E-state index in [0.29, 0.717) is 31.2 Å². The Bertz CT molecular complexity index is 572. The molecule has 0 unspecified atom stereocenters. The van der Waals surface area contributed by atoms with Crippen LogP contribution in [0.5, 0.6) is 5.75 Å². The minimum atomic E-state index is -0.290. The van der Waals surface area contributed by atoms with Crippen LogP contribution in [-0.2, 0) is 17.9 Å². The fourth-order valence-electron chi connectivity index (χ4n) is 1.86. The molecule has 1 heterocycles. The van der Waals surface area contributed by atoms with Crippen molar-refractivity contribution in [1.82, 2.24) is 10.5 Å². The van der Waals surface area contributed by atoms with Gasteiger partial charge in [0.2, 0.25) is 0 Å². The molecule has 2 aromatic rings. The molecule has 1 aromatic carbocycles. The third-order valence-corrected chi connectivity index (χ3v) is 2.87. The largest absolute Gasteiger partial charge is 0.485 e. The monoisotopic (exact) mass is 294 g/mol. The highest BCUT2D eigenvalue weighted by Gasteiger charge is 2.08. The summed E-state index contributed by atoms with van der Waals surface area (Å²) in [5.74, 6) is 0.965. The van der Waals surface area contributed by atoms with Crippen molar-refractivity contribution in [2.75, 3.05) is 20.3 Å². The maximum Gasteiger partial charge on any atom is 0.174 e. The van der Waals surface area contributed by atoms with Crippen molar-refractivity contribution in [3.8, 4) is 5.75 Å². The third kappa shape index (κ3) is 4.84. The zero-order valence-electron chi connectivity index (χ0n) is 12.2. The van der Waals surface area contributed by atoms with E-state index in [1.54, 1.807) is 19.2 Å². The smallest absolute Gasteiger partial charge is 0.174 e. The minimum Gasteiger partial charge on any atom is -0.485 e. The van der Waals surface area contributed by atoms with Gasteiger partial charge in [0.05, 0.1) is 12.3 Å². The van der Waals surface area contributed by atoms with Crippen molar-refractivity contribution in [3.63, 3.8) is 0 Å². The van der Waals surface area contributed by atoms with Crippen molar-refractivity contribution >= 4 is 0 Å². The number of aryl methyl sites for hydroxylation is 1. The van der Waals surface area contributed by atoms with E-state index < -0.39 is 0 Å². The van der Waals surface area contributed by atoms with Crippen molar-refractivity contribution in [3.05, 3.63) is 47.1 Å². The molecule has 114 valence electrons. The normalized spacial score (nSPS) is 10.8. The first-order valence-electron chi connectivity index (χ1n) is 6.72. The summed E-state index contributed by atoms with van der Waals surface area (Å²) in [6.07, 6.45) is 0. The minimum absolute atomic E-state index is 0.261. The fraction of sp³-hybridized carbons (Fsp3) is 0.400. The second-order valence-electron chi connectivity index (χ2n) is 4.64. The molecule has 2 rings (SSSR count). The van der Waals surface area contributed by atoms with E-state index in [1.165, 1.54) is 12.1 Å². The molecule has 5 nitrogen and oxygen atoms in total. The number of ether oxygens (including phenoxy) is 2. The van der Waals surface area contributed by atoms with Crippen LogP contribution in [-0.4, -0.2) is 25.4 Å². The first-order valence-corrected chi connectivity index (χ1v) is 6.72. The average molecular weight is 294 g/mol. The number of hydrogen-bond donors (Lipinski definition) is 1. The van der Waals surface area contributed by atoms with E-state index in [2.05, 4.69) is 10.5 Å². The van der Waals surface area contributed by atoms with Crippen LogP contribution in [0.1, 0.15) is 17.0 Å². The van der Waals surface area contributed by atoms with Crippen LogP contribution in [0.4, 0.5) is 4.39 Å². The number of nitrogens with zero attached hydrogens (tertiary/aromatic N) is 1.